The minimum absolute atomic E-state index is 0.584. The van der Waals surface area contributed by atoms with E-state index in [1.165, 1.54) is 0 Å². The molecule has 7 heteroatoms. The fourth-order valence-electron chi connectivity index (χ4n) is 2.26. The molecule has 0 saturated heterocycles. The van der Waals surface area contributed by atoms with Crippen molar-refractivity contribution in [3.05, 3.63) is 53.5 Å². The molecule has 5 nitrogen and oxygen atoms in total. The highest BCUT2D eigenvalue weighted by Crippen LogP contribution is 2.30. The summed E-state index contributed by atoms with van der Waals surface area (Å²) in [6.07, 6.45) is 1.59. The van der Waals surface area contributed by atoms with Crippen molar-refractivity contribution in [3.63, 3.8) is 0 Å². The molecule has 0 fully saturated rings. The number of fused-ring (bicyclic) bond motifs is 1. The second kappa shape index (κ2) is 6.10. The number of aromatic nitrogens is 4. The van der Waals surface area contributed by atoms with Crippen LogP contribution in [0.4, 0.5) is 0 Å². The third kappa shape index (κ3) is 2.85. The highest BCUT2D eigenvalue weighted by atomic mass is 32.2. The highest BCUT2D eigenvalue weighted by Gasteiger charge is 2.12. The van der Waals surface area contributed by atoms with Crippen LogP contribution in [0, 0.1) is 6.92 Å². The molecule has 0 N–H and O–H groups in total. The molecule has 23 heavy (non-hydrogen) atoms. The van der Waals surface area contributed by atoms with Gasteiger partial charge in [-0.25, -0.2) is 9.97 Å². The second-order valence-electron chi connectivity index (χ2n) is 4.93. The van der Waals surface area contributed by atoms with Crippen LogP contribution in [0.3, 0.4) is 0 Å². The SMILES string of the molecule is Cc1ccccc1-c1noc(CSc2ncnc3sccc23)n1. The van der Waals surface area contributed by atoms with E-state index in [2.05, 4.69) is 20.1 Å². The summed E-state index contributed by atoms with van der Waals surface area (Å²) in [6, 6.07) is 10.0. The van der Waals surface area contributed by atoms with Crippen molar-refractivity contribution in [1.82, 2.24) is 20.1 Å². The summed E-state index contributed by atoms with van der Waals surface area (Å²) in [5, 5.41) is 8.11. The monoisotopic (exact) mass is 340 g/mol. The lowest BCUT2D eigenvalue weighted by atomic mass is 10.1. The number of thioether (sulfide) groups is 1. The van der Waals surface area contributed by atoms with Crippen LogP contribution >= 0.6 is 23.1 Å². The molecule has 4 rings (SSSR count). The largest absolute Gasteiger partial charge is 0.338 e. The summed E-state index contributed by atoms with van der Waals surface area (Å²) in [5.74, 6) is 1.80. The summed E-state index contributed by atoms with van der Waals surface area (Å²) >= 11 is 3.19. The van der Waals surface area contributed by atoms with Crippen LogP contribution in [-0.4, -0.2) is 20.1 Å². The molecule has 0 amide bonds. The lowest BCUT2D eigenvalue weighted by molar-refractivity contribution is 0.391. The van der Waals surface area contributed by atoms with Crippen molar-refractivity contribution in [2.24, 2.45) is 0 Å². The van der Waals surface area contributed by atoms with Crippen LogP contribution < -0.4 is 0 Å². The Morgan fingerprint density at radius 2 is 2.09 bits per heavy atom. The van der Waals surface area contributed by atoms with E-state index in [9.17, 15) is 0 Å². The Morgan fingerprint density at radius 3 is 3.00 bits per heavy atom. The molecule has 0 aliphatic rings. The fourth-order valence-corrected chi connectivity index (χ4v) is 3.88. The predicted octanol–water partition coefficient (Wildman–Crippen LogP) is 4.34. The molecule has 0 bridgehead atoms. The molecule has 4 aromatic rings. The summed E-state index contributed by atoms with van der Waals surface area (Å²) in [7, 11) is 0. The predicted molar refractivity (Wildman–Crippen MR) is 91.4 cm³/mol. The Hall–Kier alpha value is -2.25. The Kier molecular flexibility index (Phi) is 3.80. The first kappa shape index (κ1) is 14.3. The van der Waals surface area contributed by atoms with E-state index in [0.717, 1.165) is 26.4 Å². The van der Waals surface area contributed by atoms with Crippen LogP contribution in [-0.2, 0) is 5.75 Å². The maximum absolute atomic E-state index is 5.37. The molecule has 0 aliphatic carbocycles. The normalized spacial score (nSPS) is 11.2. The Balaban J connectivity index is 1.54. The van der Waals surface area contributed by atoms with Gasteiger partial charge in [0.25, 0.3) is 0 Å². The van der Waals surface area contributed by atoms with Crippen molar-refractivity contribution in [1.29, 1.82) is 0 Å². The van der Waals surface area contributed by atoms with E-state index in [4.69, 9.17) is 4.52 Å². The van der Waals surface area contributed by atoms with Gasteiger partial charge in [0.2, 0.25) is 11.7 Å². The van der Waals surface area contributed by atoms with Gasteiger partial charge in [-0.3, -0.25) is 0 Å². The average Bonchev–Trinajstić information content (AvgIpc) is 3.22. The van der Waals surface area contributed by atoms with E-state index in [1.54, 1.807) is 29.4 Å². The van der Waals surface area contributed by atoms with Crippen molar-refractivity contribution >= 4 is 33.3 Å². The first-order valence-electron chi connectivity index (χ1n) is 7.01. The Labute approximate surface area is 140 Å². The van der Waals surface area contributed by atoms with Gasteiger partial charge in [-0.1, -0.05) is 41.2 Å². The van der Waals surface area contributed by atoms with Crippen LogP contribution in [0.25, 0.3) is 21.6 Å². The van der Waals surface area contributed by atoms with Gasteiger partial charge in [-0.15, -0.1) is 11.3 Å². The van der Waals surface area contributed by atoms with E-state index < -0.39 is 0 Å². The summed E-state index contributed by atoms with van der Waals surface area (Å²) in [5.41, 5.74) is 2.12. The van der Waals surface area contributed by atoms with Crippen molar-refractivity contribution < 1.29 is 4.52 Å². The van der Waals surface area contributed by atoms with Gasteiger partial charge in [0.15, 0.2) is 0 Å². The van der Waals surface area contributed by atoms with Crippen molar-refractivity contribution in [2.75, 3.05) is 0 Å². The van der Waals surface area contributed by atoms with Gasteiger partial charge in [0, 0.05) is 10.9 Å². The summed E-state index contributed by atoms with van der Waals surface area (Å²) in [6.45, 7) is 2.04. The molecule has 114 valence electrons. The number of benzene rings is 1. The zero-order valence-electron chi connectivity index (χ0n) is 12.3. The Morgan fingerprint density at radius 1 is 1.17 bits per heavy atom. The van der Waals surface area contributed by atoms with Crippen LogP contribution in [0.2, 0.25) is 0 Å². The molecule has 0 atom stereocenters. The van der Waals surface area contributed by atoms with Crippen LogP contribution in [0.1, 0.15) is 11.5 Å². The molecule has 0 radical (unpaired) electrons. The molecule has 0 saturated carbocycles. The first-order valence-corrected chi connectivity index (χ1v) is 8.87. The number of thiophene rings is 1. The van der Waals surface area contributed by atoms with E-state index in [1.807, 2.05) is 42.6 Å². The van der Waals surface area contributed by atoms with Gasteiger partial charge in [0.05, 0.1) is 5.75 Å². The third-order valence-corrected chi connectivity index (χ3v) is 5.22. The number of hydrogen-bond acceptors (Lipinski definition) is 7. The summed E-state index contributed by atoms with van der Waals surface area (Å²) < 4.78 is 5.37. The molecule has 0 aliphatic heterocycles. The van der Waals surface area contributed by atoms with E-state index in [0.29, 0.717) is 17.5 Å². The number of aryl methyl sites for hydroxylation is 1. The highest BCUT2D eigenvalue weighted by molar-refractivity contribution is 7.98. The maximum Gasteiger partial charge on any atom is 0.237 e. The molecular weight excluding hydrogens is 328 g/mol. The smallest absolute Gasteiger partial charge is 0.237 e. The second-order valence-corrected chi connectivity index (χ2v) is 6.79. The first-order chi connectivity index (χ1) is 11.3. The summed E-state index contributed by atoms with van der Waals surface area (Å²) in [4.78, 5) is 14.1. The topological polar surface area (TPSA) is 64.7 Å². The third-order valence-electron chi connectivity index (χ3n) is 3.41. The number of nitrogens with zero attached hydrogens (tertiary/aromatic N) is 4. The van der Waals surface area contributed by atoms with Crippen LogP contribution in [0.5, 0.6) is 0 Å². The van der Waals surface area contributed by atoms with Crippen LogP contribution in [0.15, 0.2) is 51.6 Å². The lowest BCUT2D eigenvalue weighted by Gasteiger charge is -1.99. The molecule has 3 heterocycles. The molecule has 3 aromatic heterocycles. The number of hydrogen-bond donors (Lipinski definition) is 0. The molecular formula is C16H12N4OS2. The van der Waals surface area contributed by atoms with Crippen molar-refractivity contribution in [2.45, 2.75) is 17.7 Å². The zero-order chi connectivity index (χ0) is 15.6. The average molecular weight is 340 g/mol. The molecule has 0 unspecified atom stereocenters. The molecule has 1 aromatic carbocycles. The van der Waals surface area contributed by atoms with E-state index >= 15 is 0 Å². The fraction of sp³-hybridized carbons (Fsp3) is 0.125. The van der Waals surface area contributed by atoms with Gasteiger partial charge >= 0.3 is 0 Å². The van der Waals surface area contributed by atoms with Crippen molar-refractivity contribution in [3.8, 4) is 11.4 Å². The van der Waals surface area contributed by atoms with E-state index in [-0.39, 0.29) is 0 Å². The van der Waals surface area contributed by atoms with Gasteiger partial charge in [-0.05, 0) is 23.9 Å². The number of rotatable bonds is 4. The van der Waals surface area contributed by atoms with Gasteiger partial charge < -0.3 is 4.52 Å². The minimum Gasteiger partial charge on any atom is -0.338 e. The van der Waals surface area contributed by atoms with Gasteiger partial charge in [-0.2, -0.15) is 4.98 Å². The lowest BCUT2D eigenvalue weighted by Crippen LogP contribution is -1.87. The molecule has 0 spiro atoms. The minimum atomic E-state index is 0.584. The zero-order valence-corrected chi connectivity index (χ0v) is 13.9. The quantitative estimate of drug-likeness (QED) is 0.407. The Bertz CT molecular complexity index is 963. The standard InChI is InChI=1S/C16H12N4OS2/c1-10-4-2-3-5-11(10)14-19-13(21-20-14)8-23-16-12-6-7-22-15(12)17-9-18-16/h2-7,9H,8H2,1H3. The maximum atomic E-state index is 5.37. The van der Waals surface area contributed by atoms with Gasteiger partial charge in [0.1, 0.15) is 16.2 Å².